The molecule has 0 aliphatic heterocycles. The Labute approximate surface area is 157 Å². The number of benzene rings is 1. The van der Waals surface area contributed by atoms with Crippen LogP contribution in [0.3, 0.4) is 0 Å². The molecule has 1 aliphatic carbocycles. The Kier molecular flexibility index (Phi) is 4.72. The van der Waals surface area contributed by atoms with Gasteiger partial charge in [0.25, 0.3) is 0 Å². The number of carbonyl (C=O) groups excluding carboxylic acids is 1. The molecule has 0 saturated heterocycles. The summed E-state index contributed by atoms with van der Waals surface area (Å²) in [5.74, 6) is -0.245. The number of primary amides is 1. The van der Waals surface area contributed by atoms with Crippen molar-refractivity contribution in [2.75, 3.05) is 13.7 Å². The molecule has 2 heterocycles. The van der Waals surface area contributed by atoms with Gasteiger partial charge in [-0.3, -0.25) is 0 Å². The van der Waals surface area contributed by atoms with E-state index in [9.17, 15) is 9.18 Å². The minimum atomic E-state index is -0.637. The monoisotopic (exact) mass is 417 g/mol. The van der Waals surface area contributed by atoms with Gasteiger partial charge >= 0.3 is 157 Å². The molecule has 1 fully saturated rings. The number of aromatic nitrogens is 2. The molecule has 2 N–H and O–H groups in total. The average Bonchev–Trinajstić information content (AvgIpc) is 3.18. The van der Waals surface area contributed by atoms with Gasteiger partial charge in [0.15, 0.2) is 0 Å². The van der Waals surface area contributed by atoms with E-state index in [4.69, 9.17) is 10.5 Å². The molecule has 2 aromatic heterocycles. The predicted octanol–water partition coefficient (Wildman–Crippen LogP) is 2.86. The number of hydrogen-bond donors (Lipinski definition) is 1. The number of rotatable bonds is 5. The number of methoxy groups -OCH3 is 1. The fourth-order valence-electron chi connectivity index (χ4n) is 4.03. The molecule has 1 saturated carbocycles. The van der Waals surface area contributed by atoms with Crippen LogP contribution in [-0.2, 0) is 4.74 Å². The van der Waals surface area contributed by atoms with Crippen LogP contribution in [0.5, 0.6) is 0 Å². The molecule has 0 bridgehead atoms. The average molecular weight is 417 g/mol. The van der Waals surface area contributed by atoms with Gasteiger partial charge < -0.3 is 0 Å². The zero-order chi connectivity index (χ0) is 18.3. The third-order valence-corrected chi connectivity index (χ3v) is 9.04. The van der Waals surface area contributed by atoms with Gasteiger partial charge in [-0.25, -0.2) is 0 Å². The Morgan fingerprint density at radius 2 is 2.23 bits per heavy atom. The predicted molar refractivity (Wildman–Crippen MR) is 101 cm³/mol. The van der Waals surface area contributed by atoms with E-state index in [2.05, 4.69) is 8.47 Å². The fourth-order valence-corrected chi connectivity index (χ4v) is 7.90. The molecular formula is C19H21AsFN3O2. The van der Waals surface area contributed by atoms with Crippen LogP contribution in [0.15, 0.2) is 30.6 Å². The number of hydrogen-bond acceptors (Lipinski definition) is 3. The van der Waals surface area contributed by atoms with Crippen LogP contribution in [0.2, 0.25) is 4.71 Å². The fraction of sp³-hybridized carbons (Fsp3) is 0.368. The van der Waals surface area contributed by atoms with E-state index in [1.807, 2.05) is 0 Å². The number of nitrogens with zero attached hydrogens (tertiary/aromatic N) is 2. The molecule has 1 amide bonds. The number of amides is 1. The van der Waals surface area contributed by atoms with Crippen molar-refractivity contribution in [3.63, 3.8) is 0 Å². The third-order valence-electron chi connectivity index (χ3n) is 5.23. The summed E-state index contributed by atoms with van der Waals surface area (Å²) in [7, 11) is 1.75. The molecule has 3 aromatic rings. The molecule has 3 unspecified atom stereocenters. The Bertz CT molecular complexity index is 988. The van der Waals surface area contributed by atoms with Gasteiger partial charge in [-0.05, 0) is 0 Å². The van der Waals surface area contributed by atoms with E-state index in [-0.39, 0.29) is 5.82 Å². The number of halogens is 1. The maximum absolute atomic E-state index is 13.9. The molecule has 0 radical (unpaired) electrons. The molecule has 7 heteroatoms. The van der Waals surface area contributed by atoms with Crippen LogP contribution in [0.1, 0.15) is 29.6 Å². The van der Waals surface area contributed by atoms with Crippen LogP contribution >= 0.6 is 0 Å². The second-order valence-electron chi connectivity index (χ2n) is 6.83. The van der Waals surface area contributed by atoms with Crippen molar-refractivity contribution < 1.29 is 13.9 Å². The van der Waals surface area contributed by atoms with Gasteiger partial charge in [-0.2, -0.15) is 0 Å². The summed E-state index contributed by atoms with van der Waals surface area (Å²) >= 11 is -0.637. The topological polar surface area (TPSA) is 70.1 Å². The number of carbonyl (C=O) groups is 1. The summed E-state index contributed by atoms with van der Waals surface area (Å²) in [6.07, 6.45) is 6.78. The van der Waals surface area contributed by atoms with E-state index in [1.54, 1.807) is 19.4 Å². The van der Waals surface area contributed by atoms with E-state index in [0.717, 1.165) is 28.4 Å². The van der Waals surface area contributed by atoms with Crippen molar-refractivity contribution in [1.82, 2.24) is 8.47 Å². The Morgan fingerprint density at radius 1 is 1.38 bits per heavy atom. The van der Waals surface area contributed by atoms with Crippen LogP contribution in [-0.4, -0.2) is 44.1 Å². The number of pyridine rings is 1. The van der Waals surface area contributed by atoms with E-state index in [1.165, 1.54) is 37.6 Å². The van der Waals surface area contributed by atoms with Gasteiger partial charge in [0.2, 0.25) is 0 Å². The molecule has 26 heavy (non-hydrogen) atoms. The normalized spacial score (nSPS) is 20.7. The van der Waals surface area contributed by atoms with Gasteiger partial charge in [0.1, 0.15) is 0 Å². The third kappa shape index (κ3) is 2.91. The first-order valence-electron chi connectivity index (χ1n) is 8.73. The second-order valence-corrected chi connectivity index (χ2v) is 9.86. The van der Waals surface area contributed by atoms with Gasteiger partial charge in [0, 0.05) is 0 Å². The number of nitrogens with two attached hydrogens (primary N) is 1. The Balaban J connectivity index is 1.92. The summed E-state index contributed by atoms with van der Waals surface area (Å²) in [6.45, 7) is 0.768. The van der Waals surface area contributed by atoms with E-state index in [0.29, 0.717) is 16.2 Å². The van der Waals surface area contributed by atoms with Crippen molar-refractivity contribution >= 4 is 43.7 Å². The first kappa shape index (κ1) is 17.5. The van der Waals surface area contributed by atoms with E-state index >= 15 is 0 Å². The van der Waals surface area contributed by atoms with Crippen molar-refractivity contribution in [2.24, 2.45) is 11.7 Å². The molecule has 136 valence electrons. The van der Waals surface area contributed by atoms with Gasteiger partial charge in [0.05, 0.1) is 0 Å². The van der Waals surface area contributed by atoms with E-state index < -0.39 is 21.9 Å². The summed E-state index contributed by atoms with van der Waals surface area (Å²) in [6, 6.07) is 4.80. The standard InChI is InChI=1S/C19H21AsFN3O2/c1-26-10-11-3-2-4-16(11)20-24-17-6-5-12(21)7-13(17)14-8-23-9-15(18(14)24)19(22)25/h5-9,11,16,20H,2-4,10H2,1H3,(H2,22,25). The summed E-state index contributed by atoms with van der Waals surface area (Å²) in [5.41, 5.74) is 7.78. The van der Waals surface area contributed by atoms with Gasteiger partial charge in [-0.1, -0.05) is 0 Å². The first-order chi connectivity index (χ1) is 12.6. The molecule has 0 spiro atoms. The number of fused-ring (bicyclic) bond motifs is 3. The minimum absolute atomic E-state index is 0.292. The van der Waals surface area contributed by atoms with Crippen molar-refractivity contribution in [3.8, 4) is 0 Å². The zero-order valence-corrected chi connectivity index (χ0v) is 16.6. The van der Waals surface area contributed by atoms with Gasteiger partial charge in [-0.15, -0.1) is 0 Å². The molecule has 5 nitrogen and oxygen atoms in total. The summed E-state index contributed by atoms with van der Waals surface area (Å²) in [5, 5.41) is 1.58. The Hall–Kier alpha value is -1.91. The number of ether oxygens (including phenoxy) is 1. The van der Waals surface area contributed by atoms with Crippen LogP contribution in [0, 0.1) is 11.7 Å². The van der Waals surface area contributed by atoms with Crippen LogP contribution < -0.4 is 5.73 Å². The quantitative estimate of drug-likeness (QED) is 0.650. The van der Waals surface area contributed by atoms with Crippen LogP contribution in [0.25, 0.3) is 21.8 Å². The van der Waals surface area contributed by atoms with Crippen molar-refractivity contribution in [3.05, 3.63) is 42.0 Å². The molecular weight excluding hydrogens is 396 g/mol. The maximum atomic E-state index is 13.9. The summed E-state index contributed by atoms with van der Waals surface area (Å²) in [4.78, 5) is 16.2. The first-order valence-corrected chi connectivity index (χ1v) is 10.9. The van der Waals surface area contributed by atoms with Crippen LogP contribution in [0.4, 0.5) is 4.39 Å². The molecule has 1 aromatic carbocycles. The molecule has 3 atom stereocenters. The van der Waals surface area contributed by atoms with Crippen molar-refractivity contribution in [2.45, 2.75) is 24.0 Å². The molecule has 1 aliphatic rings. The van der Waals surface area contributed by atoms with Crippen molar-refractivity contribution in [1.29, 1.82) is 0 Å². The summed E-state index contributed by atoms with van der Waals surface area (Å²) < 4.78 is 22.1. The Morgan fingerprint density at radius 3 is 3.00 bits per heavy atom. The SMILES string of the molecule is COCC1CCCC1[AsH]n1c2ccc(F)cc2c2cncc(C(N)=O)c21. The molecule has 4 rings (SSSR count). The zero-order valence-electron chi connectivity index (χ0n) is 14.5. The second kappa shape index (κ2) is 7.01.